The second-order valence-electron chi connectivity index (χ2n) is 5.96. The molecule has 1 aromatic carbocycles. The highest BCUT2D eigenvalue weighted by atomic mass is 16.5. The normalized spacial score (nSPS) is 15.4. The van der Waals surface area contributed by atoms with Gasteiger partial charge in [-0.2, -0.15) is 0 Å². The zero-order valence-corrected chi connectivity index (χ0v) is 15.0. The molecule has 0 aliphatic carbocycles. The van der Waals surface area contributed by atoms with Crippen LogP contribution in [0.5, 0.6) is 5.75 Å². The van der Waals surface area contributed by atoms with Gasteiger partial charge in [-0.15, -0.1) is 0 Å². The third-order valence-corrected chi connectivity index (χ3v) is 4.35. The zero-order chi connectivity index (χ0) is 18.1. The molecular formula is C19H27N3O3. The average molecular weight is 345 g/mol. The Morgan fingerprint density at radius 2 is 1.84 bits per heavy atom. The molecule has 0 saturated carbocycles. The van der Waals surface area contributed by atoms with Crippen LogP contribution >= 0.6 is 0 Å². The van der Waals surface area contributed by atoms with E-state index in [1.54, 1.807) is 13.2 Å². The second kappa shape index (κ2) is 9.84. The maximum absolute atomic E-state index is 12.1. The molecule has 0 aromatic heterocycles. The van der Waals surface area contributed by atoms with Crippen LogP contribution in [-0.4, -0.2) is 68.0 Å². The van der Waals surface area contributed by atoms with E-state index in [0.717, 1.165) is 44.0 Å². The van der Waals surface area contributed by atoms with E-state index in [-0.39, 0.29) is 11.8 Å². The molecule has 0 radical (unpaired) electrons. The van der Waals surface area contributed by atoms with E-state index in [0.29, 0.717) is 13.0 Å². The van der Waals surface area contributed by atoms with Gasteiger partial charge in [0, 0.05) is 45.2 Å². The van der Waals surface area contributed by atoms with Gasteiger partial charge in [-0.25, -0.2) is 0 Å². The summed E-state index contributed by atoms with van der Waals surface area (Å²) in [6.07, 6.45) is 3.56. The van der Waals surface area contributed by atoms with Gasteiger partial charge in [0.25, 0.3) is 0 Å². The minimum atomic E-state index is -0.195. The number of carbonyl (C=O) groups is 2. The van der Waals surface area contributed by atoms with Crippen LogP contribution in [0.3, 0.4) is 0 Å². The smallest absolute Gasteiger partial charge is 0.244 e. The Morgan fingerprint density at radius 3 is 2.44 bits per heavy atom. The van der Waals surface area contributed by atoms with Crippen LogP contribution < -0.4 is 10.1 Å². The first-order valence-corrected chi connectivity index (χ1v) is 8.72. The van der Waals surface area contributed by atoms with Crippen molar-refractivity contribution in [2.45, 2.75) is 13.3 Å². The van der Waals surface area contributed by atoms with Gasteiger partial charge < -0.3 is 19.9 Å². The van der Waals surface area contributed by atoms with E-state index in [4.69, 9.17) is 4.74 Å². The van der Waals surface area contributed by atoms with Crippen molar-refractivity contribution in [2.24, 2.45) is 0 Å². The Morgan fingerprint density at radius 1 is 1.16 bits per heavy atom. The van der Waals surface area contributed by atoms with Crippen LogP contribution in [0, 0.1) is 0 Å². The minimum absolute atomic E-state index is 0.107. The largest absolute Gasteiger partial charge is 0.497 e. The van der Waals surface area contributed by atoms with Gasteiger partial charge in [0.2, 0.25) is 11.8 Å². The third-order valence-electron chi connectivity index (χ3n) is 4.35. The first-order chi connectivity index (χ1) is 12.1. The molecule has 1 N–H and O–H groups in total. The number of benzene rings is 1. The van der Waals surface area contributed by atoms with Crippen molar-refractivity contribution in [3.05, 3.63) is 35.9 Å². The van der Waals surface area contributed by atoms with E-state index < -0.39 is 0 Å². The lowest BCUT2D eigenvalue weighted by Gasteiger charge is -2.34. The molecule has 25 heavy (non-hydrogen) atoms. The lowest BCUT2D eigenvalue weighted by molar-refractivity contribution is -0.132. The number of amides is 2. The fraction of sp³-hybridized carbons (Fsp3) is 0.474. The maximum atomic E-state index is 12.1. The van der Waals surface area contributed by atoms with Crippen LogP contribution in [-0.2, 0) is 9.59 Å². The van der Waals surface area contributed by atoms with Gasteiger partial charge in [0.05, 0.1) is 7.11 Å². The van der Waals surface area contributed by atoms with Crippen molar-refractivity contribution in [2.75, 3.05) is 46.4 Å². The van der Waals surface area contributed by atoms with Crippen LogP contribution in [0.25, 0.3) is 6.08 Å². The van der Waals surface area contributed by atoms with E-state index in [9.17, 15) is 9.59 Å². The summed E-state index contributed by atoms with van der Waals surface area (Å²) in [7, 11) is 1.61. The molecule has 0 spiro atoms. The van der Waals surface area contributed by atoms with Crippen molar-refractivity contribution in [1.29, 1.82) is 0 Å². The number of carbonyl (C=O) groups excluding carboxylic acids is 2. The molecule has 6 heteroatoms. The minimum Gasteiger partial charge on any atom is -0.497 e. The molecular weight excluding hydrogens is 318 g/mol. The van der Waals surface area contributed by atoms with Crippen molar-refractivity contribution in [1.82, 2.24) is 15.1 Å². The summed E-state index contributed by atoms with van der Waals surface area (Å²) in [5.41, 5.74) is 0.917. The number of ether oxygens (including phenoxy) is 1. The number of nitrogens with one attached hydrogen (secondary N) is 1. The summed E-state index contributed by atoms with van der Waals surface area (Å²) in [6, 6.07) is 7.44. The Balaban J connectivity index is 1.67. The standard InChI is InChI=1S/C19H27N3O3/c1-3-21-12-14-22(15-13-21)19(24)10-11-20-18(23)9-6-16-4-7-17(25-2)8-5-16/h4-9H,3,10-15H2,1-2H3,(H,20,23). The van der Waals surface area contributed by atoms with Crippen molar-refractivity contribution in [3.8, 4) is 5.75 Å². The number of hydrogen-bond donors (Lipinski definition) is 1. The molecule has 136 valence electrons. The van der Waals surface area contributed by atoms with E-state index in [1.807, 2.05) is 29.2 Å². The van der Waals surface area contributed by atoms with Gasteiger partial charge in [-0.05, 0) is 30.3 Å². The first kappa shape index (κ1) is 19.0. The van der Waals surface area contributed by atoms with Crippen LogP contribution in [0.2, 0.25) is 0 Å². The highest BCUT2D eigenvalue weighted by Crippen LogP contribution is 2.12. The van der Waals surface area contributed by atoms with Gasteiger partial charge in [0.15, 0.2) is 0 Å². The predicted octanol–water partition coefficient (Wildman–Crippen LogP) is 1.38. The number of rotatable bonds is 7. The Hall–Kier alpha value is -2.34. The molecule has 1 saturated heterocycles. The number of nitrogens with zero attached hydrogens (tertiary/aromatic N) is 2. The van der Waals surface area contributed by atoms with Crippen LogP contribution in [0.4, 0.5) is 0 Å². The average Bonchev–Trinajstić information content (AvgIpc) is 2.66. The molecule has 1 aliphatic rings. The molecule has 1 heterocycles. The van der Waals surface area contributed by atoms with Gasteiger partial charge in [-0.1, -0.05) is 19.1 Å². The third kappa shape index (κ3) is 6.23. The second-order valence-corrected chi connectivity index (χ2v) is 5.96. The number of piperazine rings is 1. The molecule has 2 amide bonds. The molecule has 2 rings (SSSR count). The summed E-state index contributed by atoms with van der Waals surface area (Å²) in [6.45, 7) is 6.93. The monoisotopic (exact) mass is 345 g/mol. The topological polar surface area (TPSA) is 61.9 Å². The molecule has 0 unspecified atom stereocenters. The first-order valence-electron chi connectivity index (χ1n) is 8.72. The Kier molecular flexibility index (Phi) is 7.47. The van der Waals surface area contributed by atoms with Crippen molar-refractivity contribution in [3.63, 3.8) is 0 Å². The van der Waals surface area contributed by atoms with Gasteiger partial charge >= 0.3 is 0 Å². The SMILES string of the molecule is CCN1CCN(C(=O)CCNC(=O)C=Cc2ccc(OC)cc2)CC1. The maximum Gasteiger partial charge on any atom is 0.244 e. The van der Waals surface area contributed by atoms with E-state index in [1.165, 1.54) is 6.08 Å². The van der Waals surface area contributed by atoms with Gasteiger partial charge in [0.1, 0.15) is 5.75 Å². The predicted molar refractivity (Wildman–Crippen MR) is 98.3 cm³/mol. The highest BCUT2D eigenvalue weighted by molar-refractivity contribution is 5.92. The molecule has 0 bridgehead atoms. The molecule has 6 nitrogen and oxygen atoms in total. The highest BCUT2D eigenvalue weighted by Gasteiger charge is 2.19. The Bertz CT molecular complexity index is 590. The Labute approximate surface area is 149 Å². The summed E-state index contributed by atoms with van der Waals surface area (Å²) in [4.78, 5) is 28.2. The van der Waals surface area contributed by atoms with Gasteiger partial charge in [-0.3, -0.25) is 9.59 Å². The number of likely N-dealkylation sites (N-methyl/N-ethyl adjacent to an activating group) is 1. The van der Waals surface area contributed by atoms with E-state index >= 15 is 0 Å². The van der Waals surface area contributed by atoms with Crippen LogP contribution in [0.1, 0.15) is 18.9 Å². The van der Waals surface area contributed by atoms with Crippen molar-refractivity contribution >= 4 is 17.9 Å². The fourth-order valence-corrected chi connectivity index (χ4v) is 2.71. The number of methoxy groups -OCH3 is 1. The lowest BCUT2D eigenvalue weighted by Crippen LogP contribution is -2.48. The molecule has 1 fully saturated rings. The zero-order valence-electron chi connectivity index (χ0n) is 15.0. The fourth-order valence-electron chi connectivity index (χ4n) is 2.71. The summed E-state index contributed by atoms with van der Waals surface area (Å²) >= 11 is 0. The molecule has 1 aliphatic heterocycles. The van der Waals surface area contributed by atoms with Crippen LogP contribution in [0.15, 0.2) is 30.3 Å². The molecule has 0 atom stereocenters. The summed E-state index contributed by atoms with van der Waals surface area (Å²) < 4.78 is 5.09. The molecule has 1 aromatic rings. The van der Waals surface area contributed by atoms with E-state index in [2.05, 4.69) is 17.1 Å². The lowest BCUT2D eigenvalue weighted by atomic mass is 10.2. The number of hydrogen-bond acceptors (Lipinski definition) is 4. The summed E-state index contributed by atoms with van der Waals surface area (Å²) in [5.74, 6) is 0.689. The van der Waals surface area contributed by atoms with Crippen molar-refractivity contribution < 1.29 is 14.3 Å². The quantitative estimate of drug-likeness (QED) is 0.759. The summed E-state index contributed by atoms with van der Waals surface area (Å²) in [5, 5.41) is 2.76.